The molecule has 0 aliphatic heterocycles. The normalized spacial score (nSPS) is 10.4. The fourth-order valence-corrected chi connectivity index (χ4v) is 1.98. The third kappa shape index (κ3) is 5.12. The van der Waals surface area contributed by atoms with Crippen LogP contribution in [0.1, 0.15) is 25.0 Å². The first-order valence-electron chi connectivity index (χ1n) is 7.33. The average molecular weight is 286 g/mol. The summed E-state index contributed by atoms with van der Waals surface area (Å²) in [6.07, 6.45) is 0. The van der Waals surface area contributed by atoms with Crippen molar-refractivity contribution in [1.29, 1.82) is 0 Å². The maximum absolute atomic E-state index is 5.72. The van der Waals surface area contributed by atoms with Crippen LogP contribution in [0.2, 0.25) is 0 Å². The van der Waals surface area contributed by atoms with Crippen molar-refractivity contribution in [3.05, 3.63) is 59.7 Å². The van der Waals surface area contributed by atoms with Crippen LogP contribution < -0.4 is 9.47 Å². The topological polar surface area (TPSA) is 27.7 Å². The van der Waals surface area contributed by atoms with Gasteiger partial charge in [-0.2, -0.15) is 0 Å². The van der Waals surface area contributed by atoms with Crippen LogP contribution in [0.25, 0.3) is 0 Å². The molecular formula is C18H22O3. The molecule has 0 fully saturated rings. The Kier molecular flexibility index (Phi) is 6.10. The molecular weight excluding hydrogens is 264 g/mol. The summed E-state index contributed by atoms with van der Waals surface area (Å²) < 4.78 is 16.5. The number of hydrogen-bond acceptors (Lipinski definition) is 3. The van der Waals surface area contributed by atoms with Gasteiger partial charge in [0.25, 0.3) is 0 Å². The van der Waals surface area contributed by atoms with E-state index in [2.05, 4.69) is 0 Å². The van der Waals surface area contributed by atoms with Gasteiger partial charge in [-0.25, -0.2) is 0 Å². The summed E-state index contributed by atoms with van der Waals surface area (Å²) in [5.41, 5.74) is 2.29. The third-order valence-electron chi connectivity index (χ3n) is 3.01. The molecule has 0 amide bonds. The summed E-state index contributed by atoms with van der Waals surface area (Å²) >= 11 is 0. The Morgan fingerprint density at radius 2 is 1.00 bits per heavy atom. The highest BCUT2D eigenvalue weighted by Gasteiger charge is 1.98. The Bertz CT molecular complexity index is 468. The minimum atomic E-state index is 0.597. The maximum Gasteiger partial charge on any atom is 0.119 e. The second kappa shape index (κ2) is 8.32. The molecule has 2 aromatic carbocycles. The highest BCUT2D eigenvalue weighted by Crippen LogP contribution is 2.15. The van der Waals surface area contributed by atoms with Gasteiger partial charge < -0.3 is 14.2 Å². The molecule has 21 heavy (non-hydrogen) atoms. The van der Waals surface area contributed by atoms with E-state index >= 15 is 0 Å². The van der Waals surface area contributed by atoms with Crippen molar-refractivity contribution >= 4 is 0 Å². The molecule has 2 rings (SSSR count). The van der Waals surface area contributed by atoms with Crippen LogP contribution in [-0.2, 0) is 18.0 Å². The van der Waals surface area contributed by atoms with E-state index in [1.54, 1.807) is 0 Å². The van der Waals surface area contributed by atoms with E-state index in [1.807, 2.05) is 62.4 Å². The van der Waals surface area contributed by atoms with E-state index in [1.165, 1.54) is 0 Å². The molecule has 0 radical (unpaired) electrons. The van der Waals surface area contributed by atoms with Crippen molar-refractivity contribution in [2.24, 2.45) is 0 Å². The summed E-state index contributed by atoms with van der Waals surface area (Å²) in [5.74, 6) is 1.79. The van der Waals surface area contributed by atoms with E-state index in [-0.39, 0.29) is 0 Å². The minimum Gasteiger partial charge on any atom is -0.494 e. The van der Waals surface area contributed by atoms with Crippen molar-refractivity contribution in [3.8, 4) is 11.5 Å². The van der Waals surface area contributed by atoms with Crippen LogP contribution in [0, 0.1) is 0 Å². The molecule has 0 aliphatic carbocycles. The van der Waals surface area contributed by atoms with Crippen LogP contribution >= 0.6 is 0 Å². The molecule has 0 aliphatic rings. The summed E-state index contributed by atoms with van der Waals surface area (Å²) in [5, 5.41) is 0. The van der Waals surface area contributed by atoms with Gasteiger partial charge in [-0.05, 0) is 49.2 Å². The molecule has 0 unspecified atom stereocenters. The largest absolute Gasteiger partial charge is 0.494 e. The van der Waals surface area contributed by atoms with Gasteiger partial charge >= 0.3 is 0 Å². The summed E-state index contributed by atoms with van der Waals surface area (Å²) in [4.78, 5) is 0. The van der Waals surface area contributed by atoms with E-state index in [0.29, 0.717) is 26.4 Å². The zero-order chi connectivity index (χ0) is 14.9. The zero-order valence-corrected chi connectivity index (χ0v) is 12.7. The maximum atomic E-state index is 5.72. The molecule has 2 aromatic rings. The fraction of sp³-hybridized carbons (Fsp3) is 0.333. The molecule has 3 heteroatoms. The smallest absolute Gasteiger partial charge is 0.119 e. The van der Waals surface area contributed by atoms with Crippen LogP contribution in [0.3, 0.4) is 0 Å². The number of hydrogen-bond donors (Lipinski definition) is 0. The van der Waals surface area contributed by atoms with Crippen molar-refractivity contribution in [2.45, 2.75) is 27.1 Å². The monoisotopic (exact) mass is 286 g/mol. The minimum absolute atomic E-state index is 0.597. The lowest BCUT2D eigenvalue weighted by atomic mass is 10.2. The Morgan fingerprint density at radius 1 is 0.619 bits per heavy atom. The van der Waals surface area contributed by atoms with Gasteiger partial charge in [-0.15, -0.1) is 0 Å². The molecule has 0 N–H and O–H groups in total. The average Bonchev–Trinajstić information content (AvgIpc) is 2.51. The molecule has 0 bridgehead atoms. The van der Waals surface area contributed by atoms with Gasteiger partial charge in [-0.3, -0.25) is 0 Å². The van der Waals surface area contributed by atoms with Crippen LogP contribution in [0.5, 0.6) is 11.5 Å². The second-order valence-corrected chi connectivity index (χ2v) is 4.65. The van der Waals surface area contributed by atoms with Crippen molar-refractivity contribution < 1.29 is 14.2 Å². The zero-order valence-electron chi connectivity index (χ0n) is 12.7. The molecule has 0 saturated heterocycles. The van der Waals surface area contributed by atoms with Crippen LogP contribution in [0.4, 0.5) is 0 Å². The standard InChI is InChI=1S/C18H22O3/c1-3-20-17-9-5-15(6-10-17)13-19-14-16-7-11-18(12-8-16)21-4-2/h5-12H,3-4,13-14H2,1-2H3. The van der Waals surface area contributed by atoms with Crippen LogP contribution in [-0.4, -0.2) is 13.2 Å². The molecule has 0 heterocycles. The van der Waals surface area contributed by atoms with E-state index in [4.69, 9.17) is 14.2 Å². The highest BCUT2D eigenvalue weighted by atomic mass is 16.5. The van der Waals surface area contributed by atoms with Gasteiger partial charge in [0.2, 0.25) is 0 Å². The van der Waals surface area contributed by atoms with Gasteiger partial charge in [0, 0.05) is 0 Å². The summed E-state index contributed by atoms with van der Waals surface area (Å²) in [6.45, 7) is 6.53. The lowest BCUT2D eigenvalue weighted by Gasteiger charge is -2.07. The molecule has 112 valence electrons. The van der Waals surface area contributed by atoms with Crippen LogP contribution in [0.15, 0.2) is 48.5 Å². The Hall–Kier alpha value is -2.00. The number of ether oxygens (including phenoxy) is 3. The first kappa shape index (κ1) is 15.4. The summed E-state index contributed by atoms with van der Waals surface area (Å²) in [6, 6.07) is 16.0. The van der Waals surface area contributed by atoms with Gasteiger partial charge in [-0.1, -0.05) is 24.3 Å². The summed E-state index contributed by atoms with van der Waals surface area (Å²) in [7, 11) is 0. The highest BCUT2D eigenvalue weighted by molar-refractivity contribution is 5.28. The Morgan fingerprint density at radius 3 is 1.33 bits per heavy atom. The lowest BCUT2D eigenvalue weighted by molar-refractivity contribution is 0.107. The lowest BCUT2D eigenvalue weighted by Crippen LogP contribution is -1.96. The van der Waals surface area contributed by atoms with Crippen molar-refractivity contribution in [1.82, 2.24) is 0 Å². The van der Waals surface area contributed by atoms with Gasteiger partial charge in [0.05, 0.1) is 26.4 Å². The second-order valence-electron chi connectivity index (χ2n) is 4.65. The first-order chi connectivity index (χ1) is 10.3. The van der Waals surface area contributed by atoms with E-state index in [9.17, 15) is 0 Å². The first-order valence-corrected chi connectivity index (χ1v) is 7.33. The molecule has 0 spiro atoms. The fourth-order valence-electron chi connectivity index (χ4n) is 1.98. The molecule has 0 saturated carbocycles. The van der Waals surface area contributed by atoms with Gasteiger partial charge in [0.15, 0.2) is 0 Å². The Balaban J connectivity index is 1.78. The van der Waals surface area contributed by atoms with Crippen molar-refractivity contribution in [2.75, 3.05) is 13.2 Å². The SMILES string of the molecule is CCOc1ccc(COCc2ccc(OCC)cc2)cc1. The number of rotatable bonds is 8. The van der Waals surface area contributed by atoms with E-state index in [0.717, 1.165) is 22.6 Å². The molecule has 3 nitrogen and oxygen atoms in total. The predicted molar refractivity (Wildman–Crippen MR) is 83.7 cm³/mol. The Labute approximate surface area is 126 Å². The quantitative estimate of drug-likeness (QED) is 0.728. The predicted octanol–water partition coefficient (Wildman–Crippen LogP) is 4.20. The third-order valence-corrected chi connectivity index (χ3v) is 3.01. The van der Waals surface area contributed by atoms with Gasteiger partial charge in [0.1, 0.15) is 11.5 Å². The number of benzene rings is 2. The molecule has 0 aromatic heterocycles. The molecule has 0 atom stereocenters. The van der Waals surface area contributed by atoms with E-state index < -0.39 is 0 Å². The van der Waals surface area contributed by atoms with Crippen molar-refractivity contribution in [3.63, 3.8) is 0 Å².